The topological polar surface area (TPSA) is 46.1 Å². The third kappa shape index (κ3) is 2.04. The van der Waals surface area contributed by atoms with E-state index >= 15 is 0 Å². The third-order valence-corrected chi connectivity index (χ3v) is 2.93. The molecule has 0 N–H and O–H groups in total. The second kappa shape index (κ2) is 4.86. The number of aromatic nitrogens is 2. The number of rotatable bonds is 3. The van der Waals surface area contributed by atoms with Gasteiger partial charge < -0.3 is 0 Å². The fourth-order valence-electron chi connectivity index (χ4n) is 2.06. The van der Waals surface area contributed by atoms with Crippen LogP contribution in [0.2, 0.25) is 0 Å². The summed E-state index contributed by atoms with van der Waals surface area (Å²) in [5.41, 5.74) is 2.39. The van der Waals surface area contributed by atoms with E-state index in [1.165, 1.54) is 0 Å². The van der Waals surface area contributed by atoms with Crippen molar-refractivity contribution in [3.05, 3.63) is 60.8 Å². The average molecular weight is 249 g/mol. The molecular formula is C15H11N3O. The average Bonchev–Trinajstić information content (AvgIpc) is 2.49. The fourth-order valence-corrected chi connectivity index (χ4v) is 2.06. The zero-order valence-electron chi connectivity index (χ0n) is 10.1. The Morgan fingerprint density at radius 2 is 1.79 bits per heavy atom. The summed E-state index contributed by atoms with van der Waals surface area (Å²) in [6, 6.07) is 17.0. The molecule has 4 heteroatoms. The van der Waals surface area contributed by atoms with Crippen molar-refractivity contribution in [3.63, 3.8) is 0 Å². The molecule has 2 aromatic carbocycles. The second-order valence-electron chi connectivity index (χ2n) is 4.05. The lowest BCUT2D eigenvalue weighted by molar-refractivity contribution is -0.106. The van der Waals surface area contributed by atoms with Crippen LogP contribution in [0.1, 0.15) is 0 Å². The molecular weight excluding hydrogens is 238 g/mol. The van der Waals surface area contributed by atoms with Crippen LogP contribution in [0.5, 0.6) is 0 Å². The SMILES string of the molecule is O=CN(c1ccccc1)c1cccc2nnccc12. The molecule has 92 valence electrons. The van der Waals surface area contributed by atoms with Gasteiger partial charge in [-0.15, -0.1) is 0 Å². The maximum Gasteiger partial charge on any atom is 0.218 e. The Labute approximate surface area is 110 Å². The van der Waals surface area contributed by atoms with Crippen LogP contribution in [0.25, 0.3) is 10.9 Å². The summed E-state index contributed by atoms with van der Waals surface area (Å²) in [6.07, 6.45) is 2.43. The van der Waals surface area contributed by atoms with Gasteiger partial charge >= 0.3 is 0 Å². The summed E-state index contributed by atoms with van der Waals surface area (Å²) in [4.78, 5) is 13.0. The molecule has 19 heavy (non-hydrogen) atoms. The first-order valence-corrected chi connectivity index (χ1v) is 5.90. The lowest BCUT2D eigenvalue weighted by Gasteiger charge is -2.19. The summed E-state index contributed by atoms with van der Waals surface area (Å²) in [6.45, 7) is 0. The molecule has 0 radical (unpaired) electrons. The largest absolute Gasteiger partial charge is 0.283 e. The van der Waals surface area contributed by atoms with E-state index in [1.54, 1.807) is 11.1 Å². The molecule has 0 saturated heterocycles. The minimum absolute atomic E-state index is 0.766. The maximum atomic E-state index is 11.4. The summed E-state index contributed by atoms with van der Waals surface area (Å²) in [5, 5.41) is 8.81. The van der Waals surface area contributed by atoms with E-state index in [4.69, 9.17) is 0 Å². The van der Waals surface area contributed by atoms with Crippen LogP contribution in [-0.2, 0) is 4.79 Å². The Kier molecular flexibility index (Phi) is 2.90. The lowest BCUT2D eigenvalue weighted by Crippen LogP contribution is -2.14. The highest BCUT2D eigenvalue weighted by Crippen LogP contribution is 2.29. The monoisotopic (exact) mass is 249 g/mol. The van der Waals surface area contributed by atoms with E-state index in [9.17, 15) is 4.79 Å². The number of carbonyl (C=O) groups is 1. The molecule has 0 saturated carbocycles. The summed E-state index contributed by atoms with van der Waals surface area (Å²) in [7, 11) is 0. The summed E-state index contributed by atoms with van der Waals surface area (Å²) >= 11 is 0. The van der Waals surface area contributed by atoms with Gasteiger partial charge in [-0.3, -0.25) is 9.69 Å². The van der Waals surface area contributed by atoms with E-state index in [2.05, 4.69) is 10.2 Å². The normalized spacial score (nSPS) is 10.3. The molecule has 0 aliphatic carbocycles. The van der Waals surface area contributed by atoms with Crippen molar-refractivity contribution in [3.8, 4) is 0 Å². The predicted octanol–water partition coefficient (Wildman–Crippen LogP) is 2.92. The number of fused-ring (bicyclic) bond motifs is 1. The molecule has 0 spiro atoms. The van der Waals surface area contributed by atoms with Crippen LogP contribution in [0, 0.1) is 0 Å². The Bertz CT molecular complexity index is 707. The zero-order chi connectivity index (χ0) is 13.1. The fraction of sp³-hybridized carbons (Fsp3) is 0. The van der Waals surface area contributed by atoms with Gasteiger partial charge in [0.05, 0.1) is 17.4 Å². The molecule has 0 unspecified atom stereocenters. The Balaban J connectivity index is 2.20. The lowest BCUT2D eigenvalue weighted by atomic mass is 10.1. The highest BCUT2D eigenvalue weighted by molar-refractivity contribution is 6.00. The van der Waals surface area contributed by atoms with Crippen molar-refractivity contribution < 1.29 is 4.79 Å². The summed E-state index contributed by atoms with van der Waals surface area (Å²) < 4.78 is 0. The van der Waals surface area contributed by atoms with Gasteiger partial charge in [0.15, 0.2) is 0 Å². The minimum Gasteiger partial charge on any atom is -0.283 e. The van der Waals surface area contributed by atoms with Crippen molar-refractivity contribution in [2.45, 2.75) is 0 Å². The molecule has 0 atom stereocenters. The van der Waals surface area contributed by atoms with Crippen molar-refractivity contribution in [1.82, 2.24) is 10.2 Å². The summed E-state index contributed by atoms with van der Waals surface area (Å²) in [5.74, 6) is 0. The number of amides is 1. The molecule has 0 bridgehead atoms. The van der Waals surface area contributed by atoms with Crippen LogP contribution in [0.4, 0.5) is 11.4 Å². The quantitative estimate of drug-likeness (QED) is 0.670. The first-order valence-electron chi connectivity index (χ1n) is 5.90. The molecule has 1 amide bonds. The molecule has 3 aromatic rings. The standard InChI is InChI=1S/C15H11N3O/c19-11-18(12-5-2-1-3-6-12)15-8-4-7-14-13(15)9-10-16-17-14/h1-11H. The Hall–Kier alpha value is -2.75. The number of nitrogens with zero attached hydrogens (tertiary/aromatic N) is 3. The van der Waals surface area contributed by atoms with Crippen LogP contribution in [0.15, 0.2) is 60.8 Å². The predicted molar refractivity (Wildman–Crippen MR) is 74.2 cm³/mol. The Morgan fingerprint density at radius 1 is 0.947 bits per heavy atom. The minimum atomic E-state index is 0.766. The molecule has 0 fully saturated rings. The molecule has 1 aromatic heterocycles. The highest BCUT2D eigenvalue weighted by atomic mass is 16.1. The smallest absolute Gasteiger partial charge is 0.218 e. The first kappa shape index (κ1) is 11.3. The van der Waals surface area contributed by atoms with Crippen molar-refractivity contribution in [2.75, 3.05) is 4.90 Å². The molecule has 0 aliphatic heterocycles. The number of carbonyl (C=O) groups excluding carboxylic acids is 1. The van der Waals surface area contributed by atoms with Crippen LogP contribution >= 0.6 is 0 Å². The number of para-hydroxylation sites is 1. The van der Waals surface area contributed by atoms with E-state index in [-0.39, 0.29) is 0 Å². The van der Waals surface area contributed by atoms with Gasteiger partial charge in [-0.25, -0.2) is 0 Å². The van der Waals surface area contributed by atoms with Crippen molar-refractivity contribution >= 4 is 28.7 Å². The van der Waals surface area contributed by atoms with Gasteiger partial charge in [-0.2, -0.15) is 10.2 Å². The van der Waals surface area contributed by atoms with E-state index in [0.29, 0.717) is 0 Å². The van der Waals surface area contributed by atoms with Gasteiger partial charge in [0.2, 0.25) is 6.41 Å². The molecule has 0 aliphatic rings. The van der Waals surface area contributed by atoms with E-state index < -0.39 is 0 Å². The van der Waals surface area contributed by atoms with Crippen LogP contribution in [-0.4, -0.2) is 16.6 Å². The number of hydrogen-bond donors (Lipinski definition) is 0. The molecule has 4 nitrogen and oxygen atoms in total. The second-order valence-corrected chi connectivity index (χ2v) is 4.05. The molecule has 1 heterocycles. The maximum absolute atomic E-state index is 11.4. The van der Waals surface area contributed by atoms with Crippen molar-refractivity contribution in [2.24, 2.45) is 0 Å². The highest BCUT2D eigenvalue weighted by Gasteiger charge is 2.11. The van der Waals surface area contributed by atoms with E-state index in [0.717, 1.165) is 28.7 Å². The number of anilines is 2. The number of hydrogen-bond acceptors (Lipinski definition) is 3. The van der Waals surface area contributed by atoms with Gasteiger partial charge in [0.25, 0.3) is 0 Å². The third-order valence-electron chi connectivity index (χ3n) is 2.93. The van der Waals surface area contributed by atoms with E-state index in [1.807, 2.05) is 54.6 Å². The van der Waals surface area contributed by atoms with Gasteiger partial charge in [-0.1, -0.05) is 24.3 Å². The van der Waals surface area contributed by atoms with Crippen LogP contribution < -0.4 is 4.90 Å². The van der Waals surface area contributed by atoms with Gasteiger partial charge in [0.1, 0.15) is 0 Å². The van der Waals surface area contributed by atoms with Gasteiger partial charge in [0, 0.05) is 11.1 Å². The Morgan fingerprint density at radius 3 is 2.58 bits per heavy atom. The van der Waals surface area contributed by atoms with Gasteiger partial charge in [-0.05, 0) is 30.3 Å². The zero-order valence-corrected chi connectivity index (χ0v) is 10.1. The first-order chi connectivity index (χ1) is 9.40. The van der Waals surface area contributed by atoms with Crippen LogP contribution in [0.3, 0.4) is 0 Å². The number of benzene rings is 2. The molecule has 3 rings (SSSR count). The van der Waals surface area contributed by atoms with Crippen molar-refractivity contribution in [1.29, 1.82) is 0 Å².